The average molecular weight is 223 g/mol. The number of nitrogens with two attached hydrogens (primary N) is 1. The monoisotopic (exact) mass is 222 g/mol. The van der Waals surface area contributed by atoms with Gasteiger partial charge in [-0.25, -0.2) is 4.98 Å². The molecule has 0 spiro atoms. The summed E-state index contributed by atoms with van der Waals surface area (Å²) in [6, 6.07) is 4.55. The van der Waals surface area contributed by atoms with Gasteiger partial charge >= 0.3 is 0 Å². The van der Waals surface area contributed by atoms with Crippen molar-refractivity contribution in [2.45, 2.75) is 0 Å². The second-order valence-electron chi connectivity index (χ2n) is 2.85. The number of pyridine rings is 1. The van der Waals surface area contributed by atoms with Gasteiger partial charge in [-0.05, 0) is 12.1 Å². The summed E-state index contributed by atoms with van der Waals surface area (Å²) in [5.74, 6) is 0.404. The molecule has 0 atom stereocenters. The maximum Gasteiger partial charge on any atom is 0.253 e. The lowest BCUT2D eigenvalue weighted by molar-refractivity contribution is 1.11. The maximum atomic E-state index is 11.1. The lowest BCUT2D eigenvalue weighted by atomic mass is 10.3. The molecule has 0 radical (unpaired) electrons. The van der Waals surface area contributed by atoms with Gasteiger partial charge in [0.1, 0.15) is 11.5 Å². The number of nitrogens with one attached hydrogen (secondary N) is 1. The van der Waals surface area contributed by atoms with Crippen LogP contribution in [0.15, 0.2) is 29.2 Å². The lowest BCUT2D eigenvalue weighted by Crippen LogP contribution is -2.10. The standard InChI is InChI=1S/C9H7ClN4O/c10-5-2-1-3-12-8(5)9-13-6(11)4-7(15)14-9/h1-4H,(H3,11,13,14,15). The van der Waals surface area contributed by atoms with Gasteiger partial charge < -0.3 is 10.7 Å². The van der Waals surface area contributed by atoms with Crippen molar-refractivity contribution in [1.29, 1.82) is 0 Å². The number of halogens is 1. The van der Waals surface area contributed by atoms with Crippen LogP contribution >= 0.6 is 11.6 Å². The zero-order valence-electron chi connectivity index (χ0n) is 7.57. The van der Waals surface area contributed by atoms with E-state index in [2.05, 4.69) is 15.0 Å². The van der Waals surface area contributed by atoms with E-state index in [1.807, 2.05) is 0 Å². The molecule has 0 fully saturated rings. The summed E-state index contributed by atoms with van der Waals surface area (Å²) in [5.41, 5.74) is 5.52. The van der Waals surface area contributed by atoms with E-state index >= 15 is 0 Å². The van der Waals surface area contributed by atoms with Gasteiger partial charge in [0.05, 0.1) is 5.02 Å². The topological polar surface area (TPSA) is 84.7 Å². The molecule has 76 valence electrons. The van der Waals surface area contributed by atoms with E-state index in [1.165, 1.54) is 6.07 Å². The minimum atomic E-state index is -0.334. The van der Waals surface area contributed by atoms with Gasteiger partial charge in [0.15, 0.2) is 5.82 Å². The highest BCUT2D eigenvalue weighted by Gasteiger charge is 2.07. The van der Waals surface area contributed by atoms with E-state index in [9.17, 15) is 4.79 Å². The third-order valence-corrected chi connectivity index (χ3v) is 2.05. The molecule has 15 heavy (non-hydrogen) atoms. The first kappa shape index (κ1) is 9.67. The van der Waals surface area contributed by atoms with Crippen LogP contribution in [0.4, 0.5) is 5.82 Å². The van der Waals surface area contributed by atoms with Gasteiger partial charge in [-0.1, -0.05) is 11.6 Å². The number of nitrogens with zero attached hydrogens (tertiary/aromatic N) is 2. The van der Waals surface area contributed by atoms with Gasteiger partial charge in [-0.2, -0.15) is 0 Å². The SMILES string of the molecule is Nc1cc(=O)[nH]c(-c2ncccc2Cl)n1. The van der Waals surface area contributed by atoms with Crippen molar-refractivity contribution in [1.82, 2.24) is 15.0 Å². The van der Waals surface area contributed by atoms with Crippen molar-refractivity contribution < 1.29 is 0 Å². The molecule has 2 rings (SSSR count). The molecule has 3 N–H and O–H groups in total. The van der Waals surface area contributed by atoms with Crippen molar-refractivity contribution in [3.05, 3.63) is 39.8 Å². The number of aromatic amines is 1. The summed E-state index contributed by atoms with van der Waals surface area (Å²) in [5, 5.41) is 0.409. The Kier molecular flexibility index (Phi) is 2.39. The Labute approximate surface area is 90.0 Å². The first-order valence-electron chi connectivity index (χ1n) is 4.14. The largest absolute Gasteiger partial charge is 0.383 e. The summed E-state index contributed by atoms with van der Waals surface area (Å²) >= 11 is 5.90. The Morgan fingerprint density at radius 1 is 1.47 bits per heavy atom. The highest BCUT2D eigenvalue weighted by molar-refractivity contribution is 6.32. The molecule has 6 heteroatoms. The van der Waals surface area contributed by atoms with Crippen molar-refractivity contribution in [3.8, 4) is 11.5 Å². The summed E-state index contributed by atoms with van der Waals surface area (Å²) in [4.78, 5) is 21.6. The molecule has 0 unspecified atom stereocenters. The Balaban J connectivity index is 2.64. The molecule has 0 aliphatic heterocycles. The van der Waals surface area contributed by atoms with Crippen LogP contribution in [0.3, 0.4) is 0 Å². The van der Waals surface area contributed by atoms with Crippen LogP contribution in [0, 0.1) is 0 Å². The molecular weight excluding hydrogens is 216 g/mol. The first-order chi connectivity index (χ1) is 7.16. The van der Waals surface area contributed by atoms with Gasteiger partial charge in [0.25, 0.3) is 5.56 Å². The van der Waals surface area contributed by atoms with Gasteiger partial charge in [0, 0.05) is 12.3 Å². The molecule has 2 heterocycles. The predicted molar refractivity (Wildman–Crippen MR) is 57.5 cm³/mol. The van der Waals surface area contributed by atoms with Crippen molar-refractivity contribution in [3.63, 3.8) is 0 Å². The number of aromatic nitrogens is 3. The fraction of sp³-hybridized carbons (Fsp3) is 0. The summed E-state index contributed by atoms with van der Waals surface area (Å²) in [6.45, 7) is 0. The molecule has 0 amide bonds. The number of anilines is 1. The molecular formula is C9H7ClN4O. The molecule has 2 aromatic rings. The minimum absolute atomic E-state index is 0.135. The Morgan fingerprint density at radius 3 is 2.93 bits per heavy atom. The van der Waals surface area contributed by atoms with Gasteiger partial charge in [-0.15, -0.1) is 0 Å². The van der Waals surface area contributed by atoms with E-state index < -0.39 is 0 Å². The molecule has 0 bridgehead atoms. The van der Waals surface area contributed by atoms with Crippen LogP contribution in [0.1, 0.15) is 0 Å². The molecule has 0 saturated carbocycles. The molecule has 0 aromatic carbocycles. The summed E-state index contributed by atoms with van der Waals surface area (Å²) < 4.78 is 0. The second kappa shape index (κ2) is 3.70. The third-order valence-electron chi connectivity index (χ3n) is 1.74. The number of rotatable bonds is 1. The normalized spacial score (nSPS) is 10.2. The predicted octanol–water partition coefficient (Wildman–Crippen LogP) is 1.07. The smallest absolute Gasteiger partial charge is 0.253 e. The quantitative estimate of drug-likeness (QED) is 0.756. The van der Waals surface area contributed by atoms with Crippen molar-refractivity contribution in [2.75, 3.05) is 5.73 Å². The highest BCUT2D eigenvalue weighted by Crippen LogP contribution is 2.21. The van der Waals surface area contributed by atoms with Crippen molar-refractivity contribution in [2.24, 2.45) is 0 Å². The number of nitrogen functional groups attached to an aromatic ring is 1. The van der Waals surface area contributed by atoms with E-state index in [0.29, 0.717) is 10.7 Å². The Bertz CT molecular complexity index is 552. The van der Waals surface area contributed by atoms with Gasteiger partial charge in [-0.3, -0.25) is 9.78 Å². The third kappa shape index (κ3) is 1.97. The van der Waals surface area contributed by atoms with E-state index in [4.69, 9.17) is 17.3 Å². The zero-order chi connectivity index (χ0) is 10.8. The number of hydrogen-bond donors (Lipinski definition) is 2. The lowest BCUT2D eigenvalue weighted by Gasteiger charge is -2.01. The van der Waals surface area contributed by atoms with Gasteiger partial charge in [0.2, 0.25) is 0 Å². The van der Waals surface area contributed by atoms with Crippen LogP contribution in [0.2, 0.25) is 5.02 Å². The maximum absolute atomic E-state index is 11.1. The van der Waals surface area contributed by atoms with E-state index in [0.717, 1.165) is 0 Å². The molecule has 5 nitrogen and oxygen atoms in total. The summed E-state index contributed by atoms with van der Waals surface area (Å²) in [7, 11) is 0. The Morgan fingerprint density at radius 2 is 2.27 bits per heavy atom. The first-order valence-corrected chi connectivity index (χ1v) is 4.52. The van der Waals surface area contributed by atoms with E-state index in [-0.39, 0.29) is 17.2 Å². The zero-order valence-corrected chi connectivity index (χ0v) is 8.32. The van der Waals surface area contributed by atoms with Crippen LogP contribution in [0.5, 0.6) is 0 Å². The average Bonchev–Trinajstić information content (AvgIpc) is 2.16. The highest BCUT2D eigenvalue weighted by atomic mass is 35.5. The van der Waals surface area contributed by atoms with Crippen LogP contribution in [-0.4, -0.2) is 15.0 Å². The van der Waals surface area contributed by atoms with E-state index in [1.54, 1.807) is 18.3 Å². The molecule has 0 aliphatic rings. The van der Waals surface area contributed by atoms with Crippen molar-refractivity contribution >= 4 is 17.4 Å². The van der Waals surface area contributed by atoms with Crippen LogP contribution in [-0.2, 0) is 0 Å². The fourth-order valence-electron chi connectivity index (χ4n) is 1.15. The Hall–Kier alpha value is -1.88. The second-order valence-corrected chi connectivity index (χ2v) is 3.26. The fourth-order valence-corrected chi connectivity index (χ4v) is 1.36. The number of H-pyrrole nitrogens is 1. The number of hydrogen-bond acceptors (Lipinski definition) is 4. The molecule has 0 aliphatic carbocycles. The summed E-state index contributed by atoms with van der Waals surface area (Å²) in [6.07, 6.45) is 1.56. The minimum Gasteiger partial charge on any atom is -0.383 e. The van der Waals surface area contributed by atoms with Crippen LogP contribution in [0.25, 0.3) is 11.5 Å². The molecule has 2 aromatic heterocycles. The molecule has 0 saturated heterocycles. The van der Waals surface area contributed by atoms with Crippen LogP contribution < -0.4 is 11.3 Å².